The van der Waals surface area contributed by atoms with Crippen molar-refractivity contribution in [2.45, 2.75) is 26.4 Å². The summed E-state index contributed by atoms with van der Waals surface area (Å²) in [4.78, 5) is 37.1. The Morgan fingerprint density at radius 1 is 1.19 bits per heavy atom. The van der Waals surface area contributed by atoms with Gasteiger partial charge < -0.3 is 10.1 Å². The largest absolute Gasteiger partial charge is 0.496 e. The highest BCUT2D eigenvalue weighted by Gasteiger charge is 2.16. The number of aromatic amines is 1. The topological polar surface area (TPSA) is 93.2 Å². The molecule has 1 unspecified atom stereocenters. The number of carbonyl (C=O) groups is 1. The Bertz CT molecular complexity index is 1110. The number of benzene rings is 2. The molecule has 27 heavy (non-hydrogen) atoms. The highest BCUT2D eigenvalue weighted by atomic mass is 16.5. The average molecular weight is 367 g/mol. The Morgan fingerprint density at radius 3 is 2.59 bits per heavy atom. The first-order valence-electron chi connectivity index (χ1n) is 8.56. The lowest BCUT2D eigenvalue weighted by molar-refractivity contribution is -0.122. The Hall–Kier alpha value is -3.35. The summed E-state index contributed by atoms with van der Waals surface area (Å²) < 4.78 is 6.38. The fourth-order valence-corrected chi connectivity index (χ4v) is 3.06. The van der Waals surface area contributed by atoms with Gasteiger partial charge in [-0.25, -0.2) is 4.68 Å². The zero-order valence-electron chi connectivity index (χ0n) is 15.4. The number of hydrogen-bond acceptors (Lipinski definition) is 4. The van der Waals surface area contributed by atoms with Gasteiger partial charge in [-0.3, -0.25) is 19.5 Å². The number of hydrogen-bond donors (Lipinski definition) is 2. The molecule has 2 aromatic carbocycles. The molecule has 0 bridgehead atoms. The van der Waals surface area contributed by atoms with Gasteiger partial charge in [0, 0.05) is 5.56 Å². The summed E-state index contributed by atoms with van der Waals surface area (Å²) in [5.41, 5.74) is 1.06. The number of rotatable bonds is 5. The molecule has 7 heteroatoms. The number of H-pyrrole nitrogens is 1. The smallest absolute Gasteiger partial charge is 0.273 e. The molecule has 140 valence electrons. The van der Waals surface area contributed by atoms with Crippen LogP contribution in [0.2, 0.25) is 0 Å². The summed E-state index contributed by atoms with van der Waals surface area (Å²) in [5.74, 6) is 0.281. The SMILES string of the molecule is COc1ccc(C)cc1C(C)NC(=O)Cn1[nH]c(=O)c2ccccc2c1=O. The van der Waals surface area contributed by atoms with Crippen molar-refractivity contribution in [2.24, 2.45) is 0 Å². The number of nitrogens with zero attached hydrogens (tertiary/aromatic N) is 1. The lowest BCUT2D eigenvalue weighted by Crippen LogP contribution is -2.37. The highest BCUT2D eigenvalue weighted by Crippen LogP contribution is 2.25. The molecule has 1 heterocycles. The predicted octanol–water partition coefficient (Wildman–Crippen LogP) is 1.88. The maximum Gasteiger partial charge on any atom is 0.273 e. The molecule has 1 aromatic heterocycles. The first-order valence-corrected chi connectivity index (χ1v) is 8.56. The van der Waals surface area contributed by atoms with E-state index in [2.05, 4.69) is 10.4 Å². The Labute approximate surface area is 155 Å². The number of amides is 1. The second-order valence-electron chi connectivity index (χ2n) is 6.41. The fourth-order valence-electron chi connectivity index (χ4n) is 3.06. The number of fused-ring (bicyclic) bond motifs is 1. The van der Waals surface area contributed by atoms with E-state index >= 15 is 0 Å². The molecule has 0 radical (unpaired) electrons. The van der Waals surface area contributed by atoms with Crippen molar-refractivity contribution in [1.82, 2.24) is 15.1 Å². The van der Waals surface area contributed by atoms with E-state index in [0.29, 0.717) is 11.1 Å². The van der Waals surface area contributed by atoms with Crippen molar-refractivity contribution in [1.29, 1.82) is 0 Å². The van der Waals surface area contributed by atoms with E-state index in [1.165, 1.54) is 0 Å². The molecule has 0 saturated heterocycles. The molecular weight excluding hydrogens is 346 g/mol. The maximum absolute atomic E-state index is 12.5. The Morgan fingerprint density at radius 2 is 1.89 bits per heavy atom. The third-order valence-corrected chi connectivity index (χ3v) is 4.41. The van der Waals surface area contributed by atoms with E-state index in [0.717, 1.165) is 15.8 Å². The van der Waals surface area contributed by atoms with Gasteiger partial charge in [0.1, 0.15) is 12.3 Å². The Kier molecular flexibility index (Phi) is 5.12. The number of aromatic nitrogens is 2. The lowest BCUT2D eigenvalue weighted by atomic mass is 10.0. The van der Waals surface area contributed by atoms with E-state index < -0.39 is 11.1 Å². The molecule has 0 aliphatic rings. The molecule has 7 nitrogen and oxygen atoms in total. The predicted molar refractivity (Wildman–Crippen MR) is 103 cm³/mol. The van der Waals surface area contributed by atoms with Crippen LogP contribution in [0, 0.1) is 6.92 Å². The van der Waals surface area contributed by atoms with Gasteiger partial charge in [-0.05, 0) is 32.0 Å². The first-order chi connectivity index (χ1) is 12.9. The second kappa shape index (κ2) is 7.49. The van der Waals surface area contributed by atoms with Crippen LogP contribution >= 0.6 is 0 Å². The summed E-state index contributed by atoms with van der Waals surface area (Å²) in [7, 11) is 1.57. The van der Waals surface area contributed by atoms with Crippen LogP contribution in [-0.2, 0) is 11.3 Å². The van der Waals surface area contributed by atoms with Crippen LogP contribution in [0.1, 0.15) is 24.1 Å². The van der Waals surface area contributed by atoms with Crippen LogP contribution in [0.25, 0.3) is 10.8 Å². The average Bonchev–Trinajstić information content (AvgIpc) is 2.65. The first kappa shape index (κ1) is 18.4. The van der Waals surface area contributed by atoms with Crippen molar-refractivity contribution in [3.8, 4) is 5.75 Å². The maximum atomic E-state index is 12.5. The van der Waals surface area contributed by atoms with Crippen molar-refractivity contribution in [3.05, 3.63) is 74.3 Å². The van der Waals surface area contributed by atoms with Gasteiger partial charge >= 0.3 is 0 Å². The van der Waals surface area contributed by atoms with Crippen LogP contribution in [0.5, 0.6) is 5.75 Å². The number of nitrogens with one attached hydrogen (secondary N) is 2. The minimum atomic E-state index is -0.416. The van der Waals surface area contributed by atoms with Gasteiger partial charge in [0.15, 0.2) is 0 Å². The standard InChI is InChI=1S/C20H21N3O4/c1-12-8-9-17(27-3)16(10-12)13(2)21-18(24)11-23-20(26)15-7-5-4-6-14(15)19(25)22-23/h4-10,13H,11H2,1-3H3,(H,21,24)(H,22,25). The highest BCUT2D eigenvalue weighted by molar-refractivity contribution is 5.81. The quantitative estimate of drug-likeness (QED) is 0.720. The molecule has 0 aliphatic heterocycles. The normalized spacial score (nSPS) is 12.0. The van der Waals surface area contributed by atoms with E-state index in [4.69, 9.17) is 4.74 Å². The molecule has 1 atom stereocenters. The van der Waals surface area contributed by atoms with Crippen LogP contribution in [0.15, 0.2) is 52.1 Å². The fraction of sp³-hybridized carbons (Fsp3) is 0.250. The lowest BCUT2D eigenvalue weighted by Gasteiger charge is -2.18. The minimum Gasteiger partial charge on any atom is -0.496 e. The Balaban J connectivity index is 1.84. The molecule has 0 spiro atoms. The molecule has 1 amide bonds. The zero-order valence-corrected chi connectivity index (χ0v) is 15.4. The second-order valence-corrected chi connectivity index (χ2v) is 6.41. The summed E-state index contributed by atoms with van der Waals surface area (Å²) in [6.45, 7) is 3.51. The van der Waals surface area contributed by atoms with Crippen LogP contribution < -0.4 is 21.2 Å². The van der Waals surface area contributed by atoms with Gasteiger partial charge in [-0.15, -0.1) is 0 Å². The van der Waals surface area contributed by atoms with Crippen molar-refractivity contribution in [3.63, 3.8) is 0 Å². The third kappa shape index (κ3) is 3.76. The van der Waals surface area contributed by atoms with Crippen LogP contribution in [0.3, 0.4) is 0 Å². The summed E-state index contributed by atoms with van der Waals surface area (Å²) >= 11 is 0. The molecule has 3 aromatic rings. The van der Waals surface area contributed by atoms with E-state index in [-0.39, 0.29) is 23.9 Å². The number of ether oxygens (including phenoxy) is 1. The van der Waals surface area contributed by atoms with E-state index in [1.807, 2.05) is 32.0 Å². The molecule has 0 fully saturated rings. The van der Waals surface area contributed by atoms with Crippen LogP contribution in [0.4, 0.5) is 0 Å². The summed E-state index contributed by atoms with van der Waals surface area (Å²) in [5, 5.41) is 5.88. The summed E-state index contributed by atoms with van der Waals surface area (Å²) in [6.07, 6.45) is 0. The van der Waals surface area contributed by atoms with Gasteiger partial charge in [0.2, 0.25) is 5.91 Å². The van der Waals surface area contributed by atoms with Crippen molar-refractivity contribution >= 4 is 16.7 Å². The van der Waals surface area contributed by atoms with Crippen LogP contribution in [-0.4, -0.2) is 22.8 Å². The summed E-state index contributed by atoms with van der Waals surface area (Å²) in [6, 6.07) is 11.9. The van der Waals surface area contributed by atoms with Gasteiger partial charge in [-0.2, -0.15) is 0 Å². The van der Waals surface area contributed by atoms with Gasteiger partial charge in [-0.1, -0.05) is 29.8 Å². The third-order valence-electron chi connectivity index (χ3n) is 4.41. The van der Waals surface area contributed by atoms with Gasteiger partial charge in [0.05, 0.1) is 23.9 Å². The molecule has 0 saturated carbocycles. The zero-order chi connectivity index (χ0) is 19.6. The number of methoxy groups -OCH3 is 1. The van der Waals surface area contributed by atoms with E-state index in [1.54, 1.807) is 31.4 Å². The van der Waals surface area contributed by atoms with Crippen molar-refractivity contribution in [2.75, 3.05) is 7.11 Å². The van der Waals surface area contributed by atoms with Gasteiger partial charge in [0.25, 0.3) is 11.1 Å². The molecule has 2 N–H and O–H groups in total. The van der Waals surface area contributed by atoms with E-state index in [9.17, 15) is 14.4 Å². The van der Waals surface area contributed by atoms with Crippen molar-refractivity contribution < 1.29 is 9.53 Å². The number of carbonyl (C=O) groups excluding carboxylic acids is 1. The minimum absolute atomic E-state index is 0.280. The molecule has 0 aliphatic carbocycles. The molecule has 3 rings (SSSR count). The monoisotopic (exact) mass is 367 g/mol. The number of aryl methyl sites for hydroxylation is 1. The molecular formula is C20H21N3O4.